The van der Waals surface area contributed by atoms with Crippen LogP contribution in [-0.2, 0) is 16.0 Å². The Bertz CT molecular complexity index is 805. The van der Waals surface area contributed by atoms with E-state index < -0.39 is 0 Å². The minimum Gasteiger partial charge on any atom is -0.497 e. The number of amides is 2. The van der Waals surface area contributed by atoms with E-state index in [-0.39, 0.29) is 11.8 Å². The molecule has 0 saturated carbocycles. The largest absolute Gasteiger partial charge is 0.497 e. The molecular weight excluding hydrogens is 352 g/mol. The maximum Gasteiger partial charge on any atom is 0.227 e. The summed E-state index contributed by atoms with van der Waals surface area (Å²) in [5.74, 6) is 0.773. The van der Waals surface area contributed by atoms with Gasteiger partial charge in [-0.25, -0.2) is 0 Å². The first-order valence-electron chi connectivity index (χ1n) is 8.59. The number of halogens is 1. The van der Waals surface area contributed by atoms with Crippen molar-refractivity contribution in [3.8, 4) is 5.75 Å². The molecule has 0 aliphatic carbocycles. The van der Waals surface area contributed by atoms with Crippen molar-refractivity contribution in [3.63, 3.8) is 0 Å². The van der Waals surface area contributed by atoms with Crippen LogP contribution in [0.25, 0.3) is 0 Å². The Kier molecular flexibility index (Phi) is 5.78. The van der Waals surface area contributed by atoms with Crippen LogP contribution in [0.5, 0.6) is 5.75 Å². The van der Waals surface area contributed by atoms with Crippen LogP contribution in [0.15, 0.2) is 42.5 Å². The minimum absolute atomic E-state index is 0.101. The lowest BCUT2D eigenvalue weighted by Gasteiger charge is -2.17. The van der Waals surface area contributed by atoms with E-state index in [9.17, 15) is 9.59 Å². The molecule has 1 aliphatic rings. The van der Waals surface area contributed by atoms with Crippen molar-refractivity contribution in [3.05, 3.63) is 53.1 Å². The second kappa shape index (κ2) is 8.23. The third-order valence-corrected chi connectivity index (χ3v) is 4.74. The number of hydrogen-bond donors (Lipinski definition) is 1. The summed E-state index contributed by atoms with van der Waals surface area (Å²) >= 11 is 6.20. The SMILES string of the molecule is COc1ccc(CCC(=O)Nc2cc(N3CCCC3=O)ccc2Cl)cc1. The van der Waals surface area contributed by atoms with E-state index >= 15 is 0 Å². The number of aryl methyl sites for hydroxylation is 1. The highest BCUT2D eigenvalue weighted by molar-refractivity contribution is 6.33. The van der Waals surface area contributed by atoms with Gasteiger partial charge in [0.1, 0.15) is 5.75 Å². The number of carbonyl (C=O) groups is 2. The first-order valence-corrected chi connectivity index (χ1v) is 8.97. The number of methoxy groups -OCH3 is 1. The molecule has 0 unspecified atom stereocenters. The van der Waals surface area contributed by atoms with Gasteiger partial charge in [-0.05, 0) is 48.7 Å². The number of anilines is 2. The van der Waals surface area contributed by atoms with E-state index in [0.29, 0.717) is 36.5 Å². The van der Waals surface area contributed by atoms with E-state index in [2.05, 4.69) is 5.32 Å². The third-order valence-electron chi connectivity index (χ3n) is 4.41. The van der Waals surface area contributed by atoms with Crippen molar-refractivity contribution in [2.24, 2.45) is 0 Å². The molecular formula is C20H21ClN2O3. The summed E-state index contributed by atoms with van der Waals surface area (Å²) in [6.07, 6.45) is 2.38. The van der Waals surface area contributed by atoms with Gasteiger partial charge in [-0.3, -0.25) is 9.59 Å². The summed E-state index contributed by atoms with van der Waals surface area (Å²) in [5.41, 5.74) is 2.36. The molecule has 0 aromatic heterocycles. The summed E-state index contributed by atoms with van der Waals surface area (Å²) in [5, 5.41) is 3.30. The molecule has 1 fully saturated rings. The summed E-state index contributed by atoms with van der Waals surface area (Å²) in [7, 11) is 1.62. The fourth-order valence-electron chi connectivity index (χ4n) is 2.96. The minimum atomic E-state index is -0.118. The molecule has 5 nitrogen and oxygen atoms in total. The van der Waals surface area contributed by atoms with Crippen LogP contribution in [0.3, 0.4) is 0 Å². The Balaban J connectivity index is 1.62. The molecule has 0 bridgehead atoms. The van der Waals surface area contributed by atoms with Crippen LogP contribution in [-0.4, -0.2) is 25.5 Å². The monoisotopic (exact) mass is 372 g/mol. The number of nitrogens with zero attached hydrogens (tertiary/aromatic N) is 1. The highest BCUT2D eigenvalue weighted by atomic mass is 35.5. The summed E-state index contributed by atoms with van der Waals surface area (Å²) in [4.78, 5) is 25.9. The van der Waals surface area contributed by atoms with Crippen LogP contribution in [0.1, 0.15) is 24.8 Å². The first-order chi connectivity index (χ1) is 12.6. The molecule has 3 rings (SSSR count). The van der Waals surface area contributed by atoms with Crippen LogP contribution >= 0.6 is 11.6 Å². The van der Waals surface area contributed by atoms with Gasteiger partial charge in [0.05, 0.1) is 17.8 Å². The second-order valence-electron chi connectivity index (χ2n) is 6.21. The molecule has 1 heterocycles. The lowest BCUT2D eigenvalue weighted by atomic mass is 10.1. The summed E-state index contributed by atoms with van der Waals surface area (Å²) in [6, 6.07) is 12.9. The zero-order valence-electron chi connectivity index (χ0n) is 14.6. The van der Waals surface area contributed by atoms with Crippen molar-refractivity contribution in [2.45, 2.75) is 25.7 Å². The maximum absolute atomic E-state index is 12.3. The van der Waals surface area contributed by atoms with E-state index in [1.54, 1.807) is 30.2 Å². The van der Waals surface area contributed by atoms with Crippen molar-refractivity contribution >= 4 is 34.8 Å². The number of ether oxygens (including phenoxy) is 1. The average Bonchev–Trinajstić information content (AvgIpc) is 3.08. The number of hydrogen-bond acceptors (Lipinski definition) is 3. The second-order valence-corrected chi connectivity index (χ2v) is 6.62. The highest BCUT2D eigenvalue weighted by Gasteiger charge is 2.22. The van der Waals surface area contributed by atoms with Gasteiger partial charge in [0.25, 0.3) is 0 Å². The number of benzene rings is 2. The van der Waals surface area contributed by atoms with Gasteiger partial charge < -0.3 is 15.0 Å². The quantitative estimate of drug-likeness (QED) is 0.832. The zero-order valence-corrected chi connectivity index (χ0v) is 15.4. The summed E-state index contributed by atoms with van der Waals surface area (Å²) in [6.45, 7) is 0.700. The van der Waals surface area contributed by atoms with Crippen molar-refractivity contribution in [1.29, 1.82) is 0 Å². The predicted molar refractivity (Wildman–Crippen MR) is 103 cm³/mol. The van der Waals surface area contributed by atoms with Gasteiger partial charge in [0.2, 0.25) is 11.8 Å². The molecule has 0 radical (unpaired) electrons. The zero-order chi connectivity index (χ0) is 18.5. The molecule has 1 saturated heterocycles. The van der Waals surface area contributed by atoms with Gasteiger partial charge in [-0.1, -0.05) is 23.7 Å². The molecule has 0 spiro atoms. The summed E-state index contributed by atoms with van der Waals surface area (Å²) < 4.78 is 5.13. The molecule has 1 N–H and O–H groups in total. The molecule has 136 valence electrons. The van der Waals surface area contributed by atoms with Crippen LogP contribution < -0.4 is 15.0 Å². The Morgan fingerprint density at radius 2 is 2.00 bits per heavy atom. The van der Waals surface area contributed by atoms with Crippen molar-refractivity contribution in [1.82, 2.24) is 0 Å². The van der Waals surface area contributed by atoms with Crippen molar-refractivity contribution < 1.29 is 14.3 Å². The molecule has 26 heavy (non-hydrogen) atoms. The number of carbonyl (C=O) groups excluding carboxylic acids is 2. The molecule has 2 aromatic rings. The van der Waals surface area contributed by atoms with Crippen LogP contribution in [0.4, 0.5) is 11.4 Å². The number of nitrogens with one attached hydrogen (secondary N) is 1. The van der Waals surface area contributed by atoms with E-state index in [1.807, 2.05) is 24.3 Å². The first kappa shape index (κ1) is 18.3. The normalized spacial score (nSPS) is 13.8. The molecule has 2 aromatic carbocycles. The average molecular weight is 373 g/mol. The lowest BCUT2D eigenvalue weighted by Crippen LogP contribution is -2.23. The van der Waals surface area contributed by atoms with E-state index in [0.717, 1.165) is 23.4 Å². The van der Waals surface area contributed by atoms with Gasteiger partial charge in [0, 0.05) is 25.1 Å². The highest BCUT2D eigenvalue weighted by Crippen LogP contribution is 2.30. The van der Waals surface area contributed by atoms with Crippen LogP contribution in [0.2, 0.25) is 5.02 Å². The maximum atomic E-state index is 12.3. The molecule has 0 atom stereocenters. The Hall–Kier alpha value is -2.53. The third kappa shape index (κ3) is 4.35. The molecule has 6 heteroatoms. The fraction of sp³-hybridized carbons (Fsp3) is 0.300. The van der Waals surface area contributed by atoms with E-state index in [1.165, 1.54) is 0 Å². The Morgan fingerprint density at radius 1 is 1.23 bits per heavy atom. The number of rotatable bonds is 6. The molecule has 2 amide bonds. The van der Waals surface area contributed by atoms with E-state index in [4.69, 9.17) is 16.3 Å². The standard InChI is InChI=1S/C20H21ClN2O3/c1-26-16-8-4-14(5-9-16)6-11-19(24)22-18-13-15(7-10-17(18)21)23-12-2-3-20(23)25/h4-5,7-10,13H,2-3,6,11-12H2,1H3,(H,22,24). The van der Waals surface area contributed by atoms with Gasteiger partial charge in [0.15, 0.2) is 0 Å². The Morgan fingerprint density at radius 3 is 2.65 bits per heavy atom. The van der Waals surface area contributed by atoms with Gasteiger partial charge in [-0.15, -0.1) is 0 Å². The van der Waals surface area contributed by atoms with Crippen molar-refractivity contribution in [2.75, 3.05) is 23.9 Å². The predicted octanol–water partition coefficient (Wildman–Crippen LogP) is 4.05. The Labute approximate surface area is 157 Å². The smallest absolute Gasteiger partial charge is 0.227 e. The van der Waals surface area contributed by atoms with Gasteiger partial charge >= 0.3 is 0 Å². The topological polar surface area (TPSA) is 58.6 Å². The van der Waals surface area contributed by atoms with Crippen LogP contribution in [0, 0.1) is 0 Å². The fourth-order valence-corrected chi connectivity index (χ4v) is 3.13. The molecule has 1 aliphatic heterocycles. The van der Waals surface area contributed by atoms with Gasteiger partial charge in [-0.2, -0.15) is 0 Å². The lowest BCUT2D eigenvalue weighted by molar-refractivity contribution is -0.117.